The Balaban J connectivity index is 2.14. The van der Waals surface area contributed by atoms with Gasteiger partial charge in [-0.25, -0.2) is 0 Å². The quantitative estimate of drug-likeness (QED) is 0.897. The second-order valence-electron chi connectivity index (χ2n) is 6.25. The highest BCUT2D eigenvalue weighted by molar-refractivity contribution is 9.10. The first-order valence-electron chi connectivity index (χ1n) is 7.77. The van der Waals surface area contributed by atoms with Gasteiger partial charge in [-0.2, -0.15) is 0 Å². The molecule has 2 rings (SSSR count). The molecule has 0 radical (unpaired) electrons. The zero-order valence-electron chi connectivity index (χ0n) is 13.2. The molecule has 21 heavy (non-hydrogen) atoms. The molecule has 1 aromatic carbocycles. The van der Waals surface area contributed by atoms with Crippen molar-refractivity contribution in [2.45, 2.75) is 39.7 Å². The molecule has 1 N–H and O–H groups in total. The predicted octanol–water partition coefficient (Wildman–Crippen LogP) is 3.61. The van der Waals surface area contributed by atoms with Gasteiger partial charge in [0.2, 0.25) is 0 Å². The first kappa shape index (κ1) is 16.5. The molecule has 1 heterocycles. The lowest BCUT2D eigenvalue weighted by Crippen LogP contribution is -2.44. The van der Waals surface area contributed by atoms with Crippen molar-refractivity contribution in [2.75, 3.05) is 19.6 Å². The Hall–Kier alpha value is -0.870. The highest BCUT2D eigenvalue weighted by Crippen LogP contribution is 2.22. The summed E-state index contributed by atoms with van der Waals surface area (Å²) in [4.78, 5) is 14.9. The average molecular weight is 353 g/mol. The molecule has 4 heteroatoms. The highest BCUT2D eigenvalue weighted by Gasteiger charge is 2.24. The minimum absolute atomic E-state index is 0.127. The summed E-state index contributed by atoms with van der Waals surface area (Å²) in [5, 5.41) is 3.43. The lowest BCUT2D eigenvalue weighted by atomic mass is 9.98. The summed E-state index contributed by atoms with van der Waals surface area (Å²) >= 11 is 3.53. The fraction of sp³-hybridized carbons (Fsp3) is 0.588. The molecule has 1 aliphatic rings. The highest BCUT2D eigenvalue weighted by atomic mass is 79.9. The van der Waals surface area contributed by atoms with Crippen LogP contribution in [0.1, 0.15) is 42.6 Å². The number of carbonyl (C=O) groups is 1. The molecular formula is C17H25BrN2O. The molecule has 0 bridgehead atoms. The second-order valence-corrected chi connectivity index (χ2v) is 7.10. The maximum absolute atomic E-state index is 12.9. The van der Waals surface area contributed by atoms with Gasteiger partial charge in [-0.15, -0.1) is 0 Å². The molecule has 1 saturated heterocycles. The van der Waals surface area contributed by atoms with Crippen molar-refractivity contribution in [1.29, 1.82) is 0 Å². The number of hydrogen-bond donors (Lipinski definition) is 1. The summed E-state index contributed by atoms with van der Waals surface area (Å²) in [6.07, 6.45) is 2.41. The van der Waals surface area contributed by atoms with E-state index in [0.29, 0.717) is 5.92 Å². The van der Waals surface area contributed by atoms with E-state index in [1.54, 1.807) is 0 Å². The molecule has 1 aliphatic heterocycles. The maximum Gasteiger partial charge on any atom is 0.255 e. The van der Waals surface area contributed by atoms with Gasteiger partial charge < -0.3 is 10.2 Å². The number of nitrogens with one attached hydrogen (secondary N) is 1. The van der Waals surface area contributed by atoms with Gasteiger partial charge in [-0.3, -0.25) is 4.79 Å². The van der Waals surface area contributed by atoms with Crippen LogP contribution in [-0.4, -0.2) is 36.5 Å². The number of aryl methyl sites for hydroxylation is 1. The average Bonchev–Trinajstić information content (AvgIpc) is 2.45. The SMILES string of the molecule is Cc1ccc(C(=O)N(CC2CCCNC2)C(C)C)c(Br)c1. The van der Waals surface area contributed by atoms with Gasteiger partial charge in [0.1, 0.15) is 0 Å². The van der Waals surface area contributed by atoms with Crippen LogP contribution in [0.2, 0.25) is 0 Å². The third-order valence-corrected chi connectivity index (χ3v) is 4.75. The molecule has 3 nitrogen and oxygen atoms in total. The third-order valence-electron chi connectivity index (χ3n) is 4.09. The van der Waals surface area contributed by atoms with Crippen LogP contribution >= 0.6 is 15.9 Å². The standard InChI is InChI=1S/C17H25BrN2O/c1-12(2)20(11-14-5-4-8-19-10-14)17(21)15-7-6-13(3)9-16(15)18/h6-7,9,12,14,19H,4-5,8,10-11H2,1-3H3. The van der Waals surface area contributed by atoms with Gasteiger partial charge >= 0.3 is 0 Å². The molecule has 1 amide bonds. The van der Waals surface area contributed by atoms with Crippen molar-refractivity contribution in [3.63, 3.8) is 0 Å². The molecular weight excluding hydrogens is 328 g/mol. The molecule has 0 spiro atoms. The number of benzene rings is 1. The monoisotopic (exact) mass is 352 g/mol. The van der Waals surface area contributed by atoms with E-state index in [-0.39, 0.29) is 11.9 Å². The van der Waals surface area contributed by atoms with E-state index < -0.39 is 0 Å². The van der Waals surface area contributed by atoms with Crippen molar-refractivity contribution in [3.8, 4) is 0 Å². The molecule has 0 saturated carbocycles. The van der Waals surface area contributed by atoms with Crippen molar-refractivity contribution in [3.05, 3.63) is 33.8 Å². The topological polar surface area (TPSA) is 32.3 Å². The van der Waals surface area contributed by atoms with Crippen LogP contribution in [0.5, 0.6) is 0 Å². The van der Waals surface area contributed by atoms with Gasteiger partial charge in [-0.05, 0) is 86.2 Å². The van der Waals surface area contributed by atoms with Crippen LogP contribution in [0.3, 0.4) is 0 Å². The van der Waals surface area contributed by atoms with Crippen LogP contribution < -0.4 is 5.32 Å². The smallest absolute Gasteiger partial charge is 0.255 e. The largest absolute Gasteiger partial charge is 0.336 e. The Morgan fingerprint density at radius 1 is 1.48 bits per heavy atom. The molecule has 0 aliphatic carbocycles. The normalized spacial score (nSPS) is 18.8. The van der Waals surface area contributed by atoms with E-state index >= 15 is 0 Å². The Bertz CT molecular complexity index is 496. The summed E-state index contributed by atoms with van der Waals surface area (Å²) in [5.41, 5.74) is 1.92. The van der Waals surface area contributed by atoms with Gasteiger partial charge in [0.25, 0.3) is 5.91 Å². The Kier molecular flexibility index (Phi) is 5.82. The van der Waals surface area contributed by atoms with Crippen molar-refractivity contribution in [2.24, 2.45) is 5.92 Å². The van der Waals surface area contributed by atoms with E-state index in [1.807, 2.05) is 30.0 Å². The fourth-order valence-electron chi connectivity index (χ4n) is 2.83. The van der Waals surface area contributed by atoms with Gasteiger partial charge in [0, 0.05) is 17.1 Å². The molecule has 1 fully saturated rings. The molecule has 1 unspecified atom stereocenters. The van der Waals surface area contributed by atoms with Crippen molar-refractivity contribution >= 4 is 21.8 Å². The van der Waals surface area contributed by atoms with Crippen LogP contribution in [-0.2, 0) is 0 Å². The summed E-state index contributed by atoms with van der Waals surface area (Å²) in [7, 11) is 0. The fourth-order valence-corrected chi connectivity index (χ4v) is 3.50. The number of hydrogen-bond acceptors (Lipinski definition) is 2. The lowest BCUT2D eigenvalue weighted by molar-refractivity contribution is 0.0660. The number of halogens is 1. The van der Waals surface area contributed by atoms with E-state index in [2.05, 4.69) is 35.1 Å². The number of piperidine rings is 1. The second kappa shape index (κ2) is 7.41. The number of carbonyl (C=O) groups excluding carboxylic acids is 1. The van der Waals surface area contributed by atoms with Gasteiger partial charge in [-0.1, -0.05) is 6.07 Å². The van der Waals surface area contributed by atoms with Crippen molar-refractivity contribution in [1.82, 2.24) is 10.2 Å². The van der Waals surface area contributed by atoms with Crippen LogP contribution in [0, 0.1) is 12.8 Å². The Labute approximate surface area is 136 Å². The summed E-state index contributed by atoms with van der Waals surface area (Å²) in [6.45, 7) is 9.18. The predicted molar refractivity (Wildman–Crippen MR) is 90.6 cm³/mol. The summed E-state index contributed by atoms with van der Waals surface area (Å²) in [6, 6.07) is 6.15. The third kappa shape index (κ3) is 4.30. The van der Waals surface area contributed by atoms with Crippen LogP contribution in [0.25, 0.3) is 0 Å². The molecule has 116 valence electrons. The summed E-state index contributed by atoms with van der Waals surface area (Å²) < 4.78 is 0.889. The Morgan fingerprint density at radius 3 is 2.81 bits per heavy atom. The van der Waals surface area contributed by atoms with Crippen LogP contribution in [0.15, 0.2) is 22.7 Å². The zero-order chi connectivity index (χ0) is 15.4. The van der Waals surface area contributed by atoms with E-state index in [0.717, 1.165) is 35.2 Å². The molecule has 0 aromatic heterocycles. The molecule has 1 aromatic rings. The minimum atomic E-state index is 0.127. The Morgan fingerprint density at radius 2 is 2.24 bits per heavy atom. The van der Waals surface area contributed by atoms with E-state index in [1.165, 1.54) is 12.8 Å². The van der Waals surface area contributed by atoms with Crippen LogP contribution in [0.4, 0.5) is 0 Å². The maximum atomic E-state index is 12.9. The minimum Gasteiger partial charge on any atom is -0.336 e. The lowest BCUT2D eigenvalue weighted by Gasteiger charge is -2.33. The van der Waals surface area contributed by atoms with E-state index in [9.17, 15) is 4.79 Å². The van der Waals surface area contributed by atoms with Crippen molar-refractivity contribution < 1.29 is 4.79 Å². The molecule has 1 atom stereocenters. The van der Waals surface area contributed by atoms with Gasteiger partial charge in [0.15, 0.2) is 0 Å². The van der Waals surface area contributed by atoms with E-state index in [4.69, 9.17) is 0 Å². The number of nitrogens with zero attached hydrogens (tertiary/aromatic N) is 1. The van der Waals surface area contributed by atoms with Gasteiger partial charge in [0.05, 0.1) is 5.56 Å². The first-order chi connectivity index (χ1) is 9.99. The first-order valence-corrected chi connectivity index (χ1v) is 8.56. The number of rotatable bonds is 4. The summed E-state index contributed by atoms with van der Waals surface area (Å²) in [5.74, 6) is 0.691. The zero-order valence-corrected chi connectivity index (χ0v) is 14.7. The number of amides is 1.